The van der Waals surface area contributed by atoms with E-state index in [-0.39, 0.29) is 11.8 Å². The summed E-state index contributed by atoms with van der Waals surface area (Å²) in [5, 5.41) is 6.41. The molecule has 1 saturated carbocycles. The molecule has 15 heavy (non-hydrogen) atoms. The van der Waals surface area contributed by atoms with Gasteiger partial charge in [-0.05, 0) is 44.6 Å². The molecule has 3 nitrogen and oxygen atoms in total. The molecule has 86 valence electrons. The van der Waals surface area contributed by atoms with E-state index in [9.17, 15) is 4.79 Å². The summed E-state index contributed by atoms with van der Waals surface area (Å²) >= 11 is 0. The molecule has 1 aliphatic heterocycles. The molecule has 1 aliphatic carbocycles. The van der Waals surface area contributed by atoms with Crippen molar-refractivity contribution < 1.29 is 4.79 Å². The SMILES string of the molecule is CC(CNC(=O)C1CCNC1C)C1CC1. The fourth-order valence-electron chi connectivity index (χ4n) is 2.44. The largest absolute Gasteiger partial charge is 0.356 e. The molecule has 2 rings (SSSR count). The molecular weight excluding hydrogens is 188 g/mol. The summed E-state index contributed by atoms with van der Waals surface area (Å²) in [7, 11) is 0. The number of rotatable bonds is 4. The number of amides is 1. The molecule has 0 aromatic heterocycles. The van der Waals surface area contributed by atoms with Crippen LogP contribution < -0.4 is 10.6 Å². The van der Waals surface area contributed by atoms with Crippen LogP contribution in [0, 0.1) is 17.8 Å². The van der Waals surface area contributed by atoms with E-state index in [2.05, 4.69) is 24.5 Å². The summed E-state index contributed by atoms with van der Waals surface area (Å²) in [6, 6.07) is 0.348. The Hall–Kier alpha value is -0.570. The van der Waals surface area contributed by atoms with Gasteiger partial charge in [0.25, 0.3) is 0 Å². The van der Waals surface area contributed by atoms with Gasteiger partial charge in [0.05, 0.1) is 5.92 Å². The van der Waals surface area contributed by atoms with Crippen molar-refractivity contribution in [1.29, 1.82) is 0 Å². The molecule has 3 heteroatoms. The zero-order chi connectivity index (χ0) is 10.8. The van der Waals surface area contributed by atoms with Gasteiger partial charge in [0.1, 0.15) is 0 Å². The van der Waals surface area contributed by atoms with Gasteiger partial charge in [-0.3, -0.25) is 4.79 Å². The van der Waals surface area contributed by atoms with Crippen molar-refractivity contribution in [1.82, 2.24) is 10.6 Å². The molecule has 0 aromatic rings. The second kappa shape index (κ2) is 4.52. The van der Waals surface area contributed by atoms with Gasteiger partial charge >= 0.3 is 0 Å². The topological polar surface area (TPSA) is 41.1 Å². The Balaban J connectivity index is 1.71. The van der Waals surface area contributed by atoms with E-state index in [4.69, 9.17) is 0 Å². The van der Waals surface area contributed by atoms with Crippen LogP contribution in [0.5, 0.6) is 0 Å². The van der Waals surface area contributed by atoms with E-state index in [1.807, 2.05) is 0 Å². The minimum atomic E-state index is 0.191. The monoisotopic (exact) mass is 210 g/mol. The first-order chi connectivity index (χ1) is 7.18. The van der Waals surface area contributed by atoms with Gasteiger partial charge in [-0.2, -0.15) is 0 Å². The van der Waals surface area contributed by atoms with Crippen LogP contribution in [0.4, 0.5) is 0 Å². The summed E-state index contributed by atoms with van der Waals surface area (Å²) in [4.78, 5) is 11.9. The number of carbonyl (C=O) groups is 1. The minimum absolute atomic E-state index is 0.191. The summed E-state index contributed by atoms with van der Waals surface area (Å²) in [6.07, 6.45) is 3.71. The van der Waals surface area contributed by atoms with Crippen LogP contribution in [0.3, 0.4) is 0 Å². The molecule has 0 radical (unpaired) electrons. The van der Waals surface area contributed by atoms with E-state index in [1.165, 1.54) is 12.8 Å². The fourth-order valence-corrected chi connectivity index (χ4v) is 2.44. The second-order valence-corrected chi connectivity index (χ2v) is 5.20. The first kappa shape index (κ1) is 10.9. The summed E-state index contributed by atoms with van der Waals surface area (Å²) in [5.41, 5.74) is 0. The van der Waals surface area contributed by atoms with Crippen molar-refractivity contribution in [3.8, 4) is 0 Å². The number of hydrogen-bond acceptors (Lipinski definition) is 2. The Kier molecular flexibility index (Phi) is 3.29. The third-order valence-corrected chi connectivity index (χ3v) is 3.89. The molecule has 1 amide bonds. The maximum atomic E-state index is 11.9. The Morgan fingerprint density at radius 1 is 1.47 bits per heavy atom. The number of nitrogens with one attached hydrogen (secondary N) is 2. The van der Waals surface area contributed by atoms with Crippen LogP contribution >= 0.6 is 0 Å². The van der Waals surface area contributed by atoms with Crippen LogP contribution in [-0.2, 0) is 4.79 Å². The lowest BCUT2D eigenvalue weighted by Crippen LogP contribution is -2.38. The normalized spacial score (nSPS) is 32.7. The Morgan fingerprint density at radius 2 is 2.20 bits per heavy atom. The third-order valence-electron chi connectivity index (χ3n) is 3.89. The third kappa shape index (κ3) is 2.71. The van der Waals surface area contributed by atoms with Crippen LogP contribution in [0.1, 0.15) is 33.1 Å². The van der Waals surface area contributed by atoms with Crippen LogP contribution in [0.25, 0.3) is 0 Å². The molecule has 0 bridgehead atoms. The van der Waals surface area contributed by atoms with Crippen molar-refractivity contribution in [2.45, 2.75) is 39.2 Å². The van der Waals surface area contributed by atoms with Gasteiger partial charge in [0.15, 0.2) is 0 Å². The minimum Gasteiger partial charge on any atom is -0.356 e. The van der Waals surface area contributed by atoms with E-state index in [0.717, 1.165) is 25.4 Å². The van der Waals surface area contributed by atoms with E-state index >= 15 is 0 Å². The lowest BCUT2D eigenvalue weighted by atomic mass is 10.0. The Labute approximate surface area is 92.0 Å². The quantitative estimate of drug-likeness (QED) is 0.731. The zero-order valence-corrected chi connectivity index (χ0v) is 9.75. The van der Waals surface area contributed by atoms with Gasteiger partial charge < -0.3 is 10.6 Å². The van der Waals surface area contributed by atoms with Gasteiger partial charge in [-0.15, -0.1) is 0 Å². The van der Waals surface area contributed by atoms with Gasteiger partial charge in [-0.1, -0.05) is 6.92 Å². The van der Waals surface area contributed by atoms with Crippen LogP contribution in [0.2, 0.25) is 0 Å². The molecule has 2 aliphatic rings. The highest BCUT2D eigenvalue weighted by Gasteiger charge is 2.31. The highest BCUT2D eigenvalue weighted by molar-refractivity contribution is 5.79. The van der Waals surface area contributed by atoms with E-state index in [0.29, 0.717) is 12.0 Å². The lowest BCUT2D eigenvalue weighted by Gasteiger charge is -2.17. The molecule has 1 saturated heterocycles. The van der Waals surface area contributed by atoms with Crippen LogP contribution in [-0.4, -0.2) is 25.0 Å². The van der Waals surface area contributed by atoms with E-state index < -0.39 is 0 Å². The van der Waals surface area contributed by atoms with Gasteiger partial charge in [0, 0.05) is 12.6 Å². The molecule has 0 aromatic carbocycles. The number of carbonyl (C=O) groups excluding carboxylic acids is 1. The average molecular weight is 210 g/mol. The van der Waals surface area contributed by atoms with Crippen molar-refractivity contribution >= 4 is 5.91 Å². The highest BCUT2D eigenvalue weighted by atomic mass is 16.1. The maximum Gasteiger partial charge on any atom is 0.224 e. The standard InChI is InChI=1S/C12H22N2O/c1-8(10-3-4-10)7-14-12(15)11-5-6-13-9(11)2/h8-11,13H,3-7H2,1-2H3,(H,14,15). The van der Waals surface area contributed by atoms with Crippen LogP contribution in [0.15, 0.2) is 0 Å². The maximum absolute atomic E-state index is 11.9. The number of hydrogen-bond donors (Lipinski definition) is 2. The molecular formula is C12H22N2O. The van der Waals surface area contributed by atoms with Gasteiger partial charge in [-0.25, -0.2) is 0 Å². The molecule has 2 fully saturated rings. The summed E-state index contributed by atoms with van der Waals surface area (Å²) < 4.78 is 0. The highest BCUT2D eigenvalue weighted by Crippen LogP contribution is 2.36. The summed E-state index contributed by atoms with van der Waals surface area (Å²) in [6.45, 7) is 6.19. The second-order valence-electron chi connectivity index (χ2n) is 5.20. The zero-order valence-electron chi connectivity index (χ0n) is 9.75. The lowest BCUT2D eigenvalue weighted by molar-refractivity contribution is -0.125. The smallest absolute Gasteiger partial charge is 0.224 e. The summed E-state index contributed by atoms with van der Waals surface area (Å²) in [5.74, 6) is 1.99. The Bertz CT molecular complexity index is 238. The molecule has 2 N–H and O–H groups in total. The average Bonchev–Trinajstić information content (AvgIpc) is 2.98. The van der Waals surface area contributed by atoms with Crippen molar-refractivity contribution in [2.24, 2.45) is 17.8 Å². The van der Waals surface area contributed by atoms with E-state index in [1.54, 1.807) is 0 Å². The first-order valence-electron chi connectivity index (χ1n) is 6.19. The van der Waals surface area contributed by atoms with Crippen molar-refractivity contribution in [2.75, 3.05) is 13.1 Å². The molecule has 1 heterocycles. The predicted octanol–water partition coefficient (Wildman–Crippen LogP) is 1.15. The molecule has 3 unspecified atom stereocenters. The molecule has 0 spiro atoms. The van der Waals surface area contributed by atoms with Crippen molar-refractivity contribution in [3.63, 3.8) is 0 Å². The van der Waals surface area contributed by atoms with Gasteiger partial charge in [0.2, 0.25) is 5.91 Å². The first-order valence-corrected chi connectivity index (χ1v) is 6.19. The molecule has 3 atom stereocenters. The fraction of sp³-hybridized carbons (Fsp3) is 0.917. The van der Waals surface area contributed by atoms with Crippen molar-refractivity contribution in [3.05, 3.63) is 0 Å². The predicted molar refractivity (Wildman–Crippen MR) is 60.5 cm³/mol. The Morgan fingerprint density at radius 3 is 2.73 bits per heavy atom.